The van der Waals surface area contributed by atoms with Crippen LogP contribution in [0.3, 0.4) is 0 Å². The number of benzene rings is 1. The van der Waals surface area contributed by atoms with Crippen molar-refractivity contribution in [2.45, 2.75) is 51.7 Å². The second-order valence-electron chi connectivity index (χ2n) is 10.3. The Morgan fingerprint density at radius 1 is 1.26 bits per heavy atom. The van der Waals surface area contributed by atoms with Gasteiger partial charge in [0.15, 0.2) is 0 Å². The number of carbonyl (C=O) groups excluding carboxylic acids is 1. The normalized spacial score (nSPS) is 23.1. The van der Waals surface area contributed by atoms with Crippen molar-refractivity contribution in [3.8, 4) is 0 Å². The van der Waals surface area contributed by atoms with Crippen LogP contribution in [0.4, 0.5) is 21.9 Å². The molecule has 0 aromatic heterocycles. The third-order valence-electron chi connectivity index (χ3n) is 6.50. The van der Waals surface area contributed by atoms with E-state index in [-0.39, 0.29) is 29.4 Å². The molecule has 1 saturated heterocycles. The quantitative estimate of drug-likeness (QED) is 0.431. The predicted molar refractivity (Wildman–Crippen MR) is 130 cm³/mol. The van der Waals surface area contributed by atoms with Crippen LogP contribution in [0.15, 0.2) is 18.2 Å². The number of nitro benzene ring substituents is 1. The molecule has 1 aliphatic carbocycles. The monoisotopic (exact) mass is 478 g/mol. The highest BCUT2D eigenvalue weighted by Crippen LogP contribution is 2.34. The molecule has 1 aliphatic heterocycles. The molecule has 2 N–H and O–H groups in total. The van der Waals surface area contributed by atoms with Crippen LogP contribution in [0.25, 0.3) is 0 Å². The fourth-order valence-corrected chi connectivity index (χ4v) is 4.79. The Hall–Kier alpha value is -2.59. The maximum Gasteiger partial charge on any atom is 0.410 e. The third-order valence-corrected chi connectivity index (χ3v) is 6.50. The number of nitrogens with one attached hydrogen (secondary N) is 1. The highest BCUT2D eigenvalue weighted by atomic mass is 16.6. The van der Waals surface area contributed by atoms with Gasteiger partial charge in [-0.15, -0.1) is 0 Å². The third kappa shape index (κ3) is 6.73. The molecule has 190 valence electrons. The summed E-state index contributed by atoms with van der Waals surface area (Å²) in [4.78, 5) is 27.8. The largest absolute Gasteiger partial charge is 0.444 e. The van der Waals surface area contributed by atoms with Gasteiger partial charge in [0.25, 0.3) is 5.69 Å². The van der Waals surface area contributed by atoms with E-state index in [2.05, 4.69) is 10.2 Å². The lowest BCUT2D eigenvalue weighted by Gasteiger charge is -2.42. The Labute approximate surface area is 201 Å². The van der Waals surface area contributed by atoms with Gasteiger partial charge < -0.3 is 24.8 Å². The molecule has 0 radical (unpaired) electrons. The summed E-state index contributed by atoms with van der Waals surface area (Å²) in [7, 11) is 1.60. The van der Waals surface area contributed by atoms with Crippen LogP contribution in [-0.4, -0.2) is 79.2 Å². The van der Waals surface area contributed by atoms with Crippen LogP contribution in [0.2, 0.25) is 0 Å². The number of aliphatic hydroxyl groups is 1. The molecule has 0 spiro atoms. The van der Waals surface area contributed by atoms with Gasteiger partial charge in [-0.1, -0.05) is 0 Å². The number of anilines is 2. The number of hydrogen-bond donors (Lipinski definition) is 2. The average molecular weight is 479 g/mol. The summed E-state index contributed by atoms with van der Waals surface area (Å²) < 4.78 is 10.9. The minimum atomic E-state index is -0.582. The Kier molecular flexibility index (Phi) is 8.59. The van der Waals surface area contributed by atoms with E-state index in [4.69, 9.17) is 9.47 Å². The number of aliphatic hydroxyl groups excluding tert-OH is 1. The van der Waals surface area contributed by atoms with Crippen molar-refractivity contribution in [3.05, 3.63) is 28.3 Å². The molecule has 1 aromatic rings. The van der Waals surface area contributed by atoms with Crippen molar-refractivity contribution in [2.75, 3.05) is 56.7 Å². The summed E-state index contributed by atoms with van der Waals surface area (Å²) in [6.07, 6.45) is 2.57. The van der Waals surface area contributed by atoms with E-state index < -0.39 is 5.60 Å². The molecule has 2 aliphatic rings. The first-order chi connectivity index (χ1) is 16.1. The summed E-state index contributed by atoms with van der Waals surface area (Å²) in [6.45, 7) is 8.30. The summed E-state index contributed by atoms with van der Waals surface area (Å²) >= 11 is 0. The van der Waals surface area contributed by atoms with Crippen LogP contribution >= 0.6 is 0 Å². The maximum atomic E-state index is 12.7. The minimum Gasteiger partial charge on any atom is -0.444 e. The van der Waals surface area contributed by atoms with Crippen molar-refractivity contribution in [1.29, 1.82) is 0 Å². The maximum absolute atomic E-state index is 12.7. The number of carbonyl (C=O) groups is 1. The first kappa shape index (κ1) is 26.0. The van der Waals surface area contributed by atoms with Gasteiger partial charge in [0.1, 0.15) is 11.3 Å². The fraction of sp³-hybridized carbons (Fsp3) is 0.708. The van der Waals surface area contributed by atoms with Crippen LogP contribution in [0, 0.1) is 22.0 Å². The molecule has 0 unspecified atom stereocenters. The van der Waals surface area contributed by atoms with E-state index in [9.17, 15) is 20.0 Å². The second-order valence-corrected chi connectivity index (χ2v) is 10.3. The first-order valence-corrected chi connectivity index (χ1v) is 12.0. The van der Waals surface area contributed by atoms with Gasteiger partial charge in [0.2, 0.25) is 0 Å². The summed E-state index contributed by atoms with van der Waals surface area (Å²) in [5.74, 6) is 0.718. The molecule has 34 heavy (non-hydrogen) atoms. The molecule has 1 aromatic carbocycles. The number of nitro groups is 1. The van der Waals surface area contributed by atoms with Crippen molar-refractivity contribution < 1.29 is 24.3 Å². The Bertz CT molecular complexity index is 858. The van der Waals surface area contributed by atoms with E-state index in [1.807, 2.05) is 26.8 Å². The van der Waals surface area contributed by atoms with Gasteiger partial charge in [0, 0.05) is 51.6 Å². The Balaban J connectivity index is 1.72. The van der Waals surface area contributed by atoms with Crippen molar-refractivity contribution in [3.63, 3.8) is 0 Å². The van der Waals surface area contributed by atoms with Gasteiger partial charge in [-0.25, -0.2) is 4.79 Å². The number of ether oxygens (including phenoxy) is 2. The van der Waals surface area contributed by atoms with E-state index in [1.54, 1.807) is 18.1 Å². The van der Waals surface area contributed by atoms with E-state index in [0.29, 0.717) is 50.3 Å². The molecule has 2 fully saturated rings. The van der Waals surface area contributed by atoms with Crippen LogP contribution in [-0.2, 0) is 9.47 Å². The second kappa shape index (κ2) is 11.2. The smallest absolute Gasteiger partial charge is 0.410 e. The number of hydrogen-bond acceptors (Lipinski definition) is 8. The van der Waals surface area contributed by atoms with Crippen LogP contribution in [0.5, 0.6) is 0 Å². The molecular weight excluding hydrogens is 440 g/mol. The van der Waals surface area contributed by atoms with Gasteiger partial charge in [-0.2, -0.15) is 0 Å². The summed E-state index contributed by atoms with van der Waals surface area (Å²) in [5.41, 5.74) is 0.813. The van der Waals surface area contributed by atoms with Gasteiger partial charge >= 0.3 is 6.09 Å². The van der Waals surface area contributed by atoms with Crippen molar-refractivity contribution >= 4 is 23.2 Å². The Morgan fingerprint density at radius 2 is 2.00 bits per heavy atom. The molecule has 3 rings (SSSR count). The molecule has 0 bridgehead atoms. The average Bonchev–Trinajstić information content (AvgIpc) is 3.24. The number of rotatable bonds is 8. The molecular formula is C24H38N4O6. The summed E-state index contributed by atoms with van der Waals surface area (Å²) in [6, 6.07) is 4.92. The molecule has 10 heteroatoms. The highest BCUT2D eigenvalue weighted by molar-refractivity contribution is 5.71. The lowest BCUT2D eigenvalue weighted by Crippen LogP contribution is -2.57. The zero-order valence-corrected chi connectivity index (χ0v) is 20.7. The zero-order chi connectivity index (χ0) is 24.9. The standard InChI is InChI=1S/C24H38N4O6/c1-24(2,3)34-23(30)27-10-9-26(14-20(27)16-33-4)19-7-8-22(28(31)32)21(12-19)25-13-17-5-6-18(11-17)15-29/h7-8,12,17-18,20,25,29H,5-6,9-11,13-16H2,1-4H3/t17-,18+,20-/m1/s1. The van der Waals surface area contributed by atoms with Crippen molar-refractivity contribution in [2.24, 2.45) is 11.8 Å². The van der Waals surface area contributed by atoms with E-state index >= 15 is 0 Å². The minimum absolute atomic E-state index is 0.0429. The SMILES string of the molecule is COC[C@H]1CN(c2ccc([N+](=O)[O-])c(NC[C@@H]3CC[C@H](CO)C3)c2)CCN1C(=O)OC(C)(C)C. The van der Waals surface area contributed by atoms with Gasteiger partial charge in [0.05, 0.1) is 17.6 Å². The van der Waals surface area contributed by atoms with E-state index in [1.165, 1.54) is 6.07 Å². The zero-order valence-electron chi connectivity index (χ0n) is 20.7. The molecule has 1 heterocycles. The molecule has 3 atom stereocenters. The molecule has 1 saturated carbocycles. The lowest BCUT2D eigenvalue weighted by atomic mass is 10.1. The van der Waals surface area contributed by atoms with E-state index in [0.717, 1.165) is 24.9 Å². The van der Waals surface area contributed by atoms with Gasteiger partial charge in [-0.05, 0) is 64.0 Å². The van der Waals surface area contributed by atoms with Crippen molar-refractivity contribution in [1.82, 2.24) is 4.90 Å². The Morgan fingerprint density at radius 3 is 2.62 bits per heavy atom. The fourth-order valence-electron chi connectivity index (χ4n) is 4.79. The summed E-state index contributed by atoms with van der Waals surface area (Å²) in [5, 5.41) is 24.3. The topological polar surface area (TPSA) is 117 Å². The number of amides is 1. The first-order valence-electron chi connectivity index (χ1n) is 12.0. The van der Waals surface area contributed by atoms with Gasteiger partial charge in [-0.3, -0.25) is 15.0 Å². The number of methoxy groups -OCH3 is 1. The molecule has 1 amide bonds. The highest BCUT2D eigenvalue weighted by Gasteiger charge is 2.34. The van der Waals surface area contributed by atoms with Crippen LogP contribution in [0.1, 0.15) is 40.0 Å². The molecule has 10 nitrogen and oxygen atoms in total. The number of piperazine rings is 1. The lowest BCUT2D eigenvalue weighted by molar-refractivity contribution is -0.383. The predicted octanol–water partition coefficient (Wildman–Crippen LogP) is 3.49. The van der Waals surface area contributed by atoms with Crippen LogP contribution < -0.4 is 10.2 Å². The number of nitrogens with zero attached hydrogens (tertiary/aromatic N) is 3.